The van der Waals surface area contributed by atoms with Crippen molar-refractivity contribution in [2.75, 3.05) is 0 Å². The van der Waals surface area contributed by atoms with E-state index in [2.05, 4.69) is 0 Å². The molecule has 0 rings (SSSR count). The Kier molecular flexibility index (Phi) is 4.43. The number of hydrogen-bond acceptors (Lipinski definition) is 3. The molecular weight excluding hydrogens is 166 g/mol. The third kappa shape index (κ3) is 4.26. The summed E-state index contributed by atoms with van der Waals surface area (Å²) < 4.78 is 0. The highest BCUT2D eigenvalue weighted by atomic mass is 16.4. The first-order valence-corrected chi connectivity index (χ1v) is 3.22. The molecule has 0 aliphatic carbocycles. The minimum atomic E-state index is -1.23. The summed E-state index contributed by atoms with van der Waals surface area (Å²) in [4.78, 5) is 30.2. The summed E-state index contributed by atoms with van der Waals surface area (Å²) in [6, 6.07) is -1.11. The Labute approximate surface area is 68.2 Å². The van der Waals surface area contributed by atoms with Crippen molar-refractivity contribution in [2.24, 2.45) is 0 Å². The topological polar surface area (TPSA) is 104 Å². The first kappa shape index (κ1) is 10.4. The lowest BCUT2D eigenvalue weighted by Crippen LogP contribution is -2.36. The molecule has 0 aromatic carbocycles. The molecule has 6 nitrogen and oxygen atoms in total. The van der Waals surface area contributed by atoms with Crippen molar-refractivity contribution in [3.8, 4) is 0 Å². The van der Waals surface area contributed by atoms with Gasteiger partial charge in [0.05, 0.1) is 0 Å². The third-order valence-electron chi connectivity index (χ3n) is 1.21. The normalized spacial score (nSPS) is 11.7. The Bertz CT molecular complexity index is 190. The lowest BCUT2D eigenvalue weighted by molar-refractivity contribution is -0.141. The number of nitrogens with one attached hydrogen (secondary N) is 1. The second-order valence-electron chi connectivity index (χ2n) is 2.11. The van der Waals surface area contributed by atoms with Gasteiger partial charge in [-0.3, -0.25) is 9.59 Å². The number of carboxylic acids is 2. The lowest BCUT2D eigenvalue weighted by Gasteiger charge is -2.08. The van der Waals surface area contributed by atoms with Crippen LogP contribution < -0.4 is 5.32 Å². The summed E-state index contributed by atoms with van der Waals surface area (Å²) in [6.07, 6.45) is -0.151. The summed E-state index contributed by atoms with van der Waals surface area (Å²) >= 11 is 0. The van der Waals surface area contributed by atoms with Crippen LogP contribution in [0.2, 0.25) is 0 Å². The molecule has 0 saturated carbocycles. The molecule has 0 radical (unpaired) electrons. The molecule has 6 heteroatoms. The van der Waals surface area contributed by atoms with Crippen molar-refractivity contribution in [2.45, 2.75) is 18.9 Å². The molecule has 1 atom stereocenters. The van der Waals surface area contributed by atoms with Gasteiger partial charge in [-0.25, -0.2) is 4.79 Å². The predicted octanol–water partition coefficient (Wildman–Crippen LogP) is -0.950. The molecule has 0 unspecified atom stereocenters. The van der Waals surface area contributed by atoms with Crippen molar-refractivity contribution in [3.05, 3.63) is 0 Å². The molecule has 0 aromatic rings. The van der Waals surface area contributed by atoms with Crippen LogP contribution in [0.1, 0.15) is 12.8 Å². The number of hydrogen-bond donors (Lipinski definition) is 3. The van der Waals surface area contributed by atoms with Gasteiger partial charge < -0.3 is 15.5 Å². The van der Waals surface area contributed by atoms with Gasteiger partial charge in [0.2, 0.25) is 6.41 Å². The highest BCUT2D eigenvalue weighted by molar-refractivity contribution is 5.77. The van der Waals surface area contributed by atoms with E-state index in [1.807, 2.05) is 5.32 Å². The van der Waals surface area contributed by atoms with Gasteiger partial charge in [0.1, 0.15) is 6.04 Å². The van der Waals surface area contributed by atoms with E-state index in [1.54, 1.807) is 0 Å². The first-order valence-electron chi connectivity index (χ1n) is 3.22. The molecule has 1 amide bonds. The van der Waals surface area contributed by atoms with Gasteiger partial charge in [0.15, 0.2) is 0 Å². The summed E-state index contributed by atoms with van der Waals surface area (Å²) in [5, 5.41) is 18.6. The number of aliphatic carboxylic acids is 2. The zero-order valence-corrected chi connectivity index (χ0v) is 6.19. The minimum Gasteiger partial charge on any atom is -0.481 e. The van der Waals surface area contributed by atoms with Crippen molar-refractivity contribution in [3.63, 3.8) is 0 Å². The van der Waals surface area contributed by atoms with Crippen LogP contribution in [-0.4, -0.2) is 34.6 Å². The largest absolute Gasteiger partial charge is 0.481 e. The van der Waals surface area contributed by atoms with E-state index in [0.717, 1.165) is 0 Å². The third-order valence-corrected chi connectivity index (χ3v) is 1.21. The second-order valence-corrected chi connectivity index (χ2v) is 2.11. The number of carbonyl (C=O) groups excluding carboxylic acids is 1. The summed E-state index contributed by atoms with van der Waals surface area (Å²) in [5.41, 5.74) is 0. The molecule has 0 aliphatic rings. The fraction of sp³-hybridized carbons (Fsp3) is 0.500. The van der Waals surface area contributed by atoms with Crippen molar-refractivity contribution in [1.82, 2.24) is 5.32 Å². The summed E-state index contributed by atoms with van der Waals surface area (Å²) in [6.45, 7) is 0. The maximum absolute atomic E-state index is 10.3. The zero-order chi connectivity index (χ0) is 9.56. The molecular formula is C6H9NO5. The molecule has 0 aliphatic heterocycles. The van der Waals surface area contributed by atoms with Gasteiger partial charge in [-0.2, -0.15) is 0 Å². The van der Waals surface area contributed by atoms with E-state index in [-0.39, 0.29) is 19.3 Å². The van der Waals surface area contributed by atoms with E-state index in [4.69, 9.17) is 10.2 Å². The van der Waals surface area contributed by atoms with Crippen molar-refractivity contribution in [1.29, 1.82) is 0 Å². The average Bonchev–Trinajstić information content (AvgIpc) is 1.96. The van der Waals surface area contributed by atoms with E-state index >= 15 is 0 Å². The monoisotopic (exact) mass is 175 g/mol. The minimum absolute atomic E-state index is 0.108. The Hall–Kier alpha value is -1.59. The van der Waals surface area contributed by atoms with Gasteiger partial charge in [-0.05, 0) is 6.42 Å². The molecule has 0 heterocycles. The number of rotatable bonds is 6. The van der Waals surface area contributed by atoms with Gasteiger partial charge in [-0.15, -0.1) is 0 Å². The molecule has 0 saturated heterocycles. The number of carbonyl (C=O) groups is 3. The zero-order valence-electron chi connectivity index (χ0n) is 6.19. The summed E-state index contributed by atoms with van der Waals surface area (Å²) in [5.74, 6) is -2.32. The quantitative estimate of drug-likeness (QED) is 0.451. The van der Waals surface area contributed by atoms with E-state index in [0.29, 0.717) is 0 Å². The molecule has 0 spiro atoms. The fourth-order valence-electron chi connectivity index (χ4n) is 0.628. The van der Waals surface area contributed by atoms with Crippen LogP contribution in [0, 0.1) is 0 Å². The van der Waals surface area contributed by atoms with Gasteiger partial charge in [0.25, 0.3) is 0 Å². The average molecular weight is 175 g/mol. The van der Waals surface area contributed by atoms with Crippen LogP contribution in [0.3, 0.4) is 0 Å². The standard InChI is InChI=1S/C6H9NO5/c8-3-7-4(6(11)12)1-2-5(9)10/h3-4H,1-2H2,(H,7,8)(H,9,10)(H,11,12)/t4-/m0/s1. The molecule has 12 heavy (non-hydrogen) atoms. The first-order chi connectivity index (χ1) is 5.57. The van der Waals surface area contributed by atoms with Crippen molar-refractivity contribution >= 4 is 18.3 Å². The van der Waals surface area contributed by atoms with Crippen LogP contribution in [-0.2, 0) is 14.4 Å². The maximum Gasteiger partial charge on any atom is 0.326 e. The van der Waals surface area contributed by atoms with E-state index in [1.165, 1.54) is 0 Å². The SMILES string of the molecule is O=CN[C@@H](CCC(=O)O)C(=O)O. The fourth-order valence-corrected chi connectivity index (χ4v) is 0.628. The lowest BCUT2D eigenvalue weighted by atomic mass is 10.1. The molecule has 0 aromatic heterocycles. The van der Waals surface area contributed by atoms with Gasteiger partial charge in [0, 0.05) is 6.42 Å². The van der Waals surface area contributed by atoms with E-state index in [9.17, 15) is 14.4 Å². The van der Waals surface area contributed by atoms with E-state index < -0.39 is 18.0 Å². The molecule has 3 N–H and O–H groups in total. The Balaban J connectivity index is 3.86. The Morgan fingerprint density at radius 3 is 2.33 bits per heavy atom. The summed E-state index contributed by atoms with van der Waals surface area (Å²) in [7, 11) is 0. The number of carboxylic acid groups (broad SMARTS) is 2. The maximum atomic E-state index is 10.3. The van der Waals surface area contributed by atoms with Gasteiger partial charge in [-0.1, -0.05) is 0 Å². The van der Waals surface area contributed by atoms with Crippen molar-refractivity contribution < 1.29 is 24.6 Å². The Morgan fingerprint density at radius 1 is 1.42 bits per heavy atom. The van der Waals surface area contributed by atoms with Gasteiger partial charge >= 0.3 is 11.9 Å². The number of amides is 1. The highest BCUT2D eigenvalue weighted by Gasteiger charge is 2.16. The highest BCUT2D eigenvalue weighted by Crippen LogP contribution is 1.96. The predicted molar refractivity (Wildman–Crippen MR) is 37.5 cm³/mol. The second kappa shape index (κ2) is 5.11. The Morgan fingerprint density at radius 2 is 2.00 bits per heavy atom. The molecule has 68 valence electrons. The smallest absolute Gasteiger partial charge is 0.326 e. The molecule has 0 fully saturated rings. The van der Waals surface area contributed by atoms with Crippen LogP contribution in [0.4, 0.5) is 0 Å². The van der Waals surface area contributed by atoms with Crippen LogP contribution in [0.25, 0.3) is 0 Å². The van der Waals surface area contributed by atoms with Crippen LogP contribution in [0.15, 0.2) is 0 Å². The molecule has 0 bridgehead atoms. The van der Waals surface area contributed by atoms with Crippen LogP contribution >= 0.6 is 0 Å². The van der Waals surface area contributed by atoms with Crippen LogP contribution in [0.5, 0.6) is 0 Å².